The number of anilines is 2. The number of carboxylic acid groups (broad SMARTS) is 1. The zero-order valence-electron chi connectivity index (χ0n) is 26.2. The number of aromatic carboxylic acids is 1. The SMILES string of the molecule is CNc1ccc(N=Nc2cc(C(N=Nc3cc(S(=O)(=O)O)cc(S(=O)(=O)O)c3O)=NNc3ccc(SOOO)cc3C(=O)O)ccc2S(=O)(=O)O)cc1. The van der Waals surface area contributed by atoms with Crippen LogP contribution in [-0.2, 0) is 39.7 Å². The molecule has 4 rings (SSSR count). The number of phenols is 1. The van der Waals surface area contributed by atoms with E-state index in [1.165, 1.54) is 24.3 Å². The van der Waals surface area contributed by atoms with Crippen molar-refractivity contribution in [2.45, 2.75) is 19.6 Å². The van der Waals surface area contributed by atoms with Crippen LogP contribution in [-0.4, -0.2) is 73.2 Å². The molecule has 4 aromatic rings. The van der Waals surface area contributed by atoms with Gasteiger partial charge in [-0.2, -0.15) is 35.5 Å². The topological polar surface area (TPSA) is 345 Å². The van der Waals surface area contributed by atoms with Crippen LogP contribution in [0.2, 0.25) is 0 Å². The summed E-state index contributed by atoms with van der Waals surface area (Å²) in [4.78, 5) is 8.86. The average molecular weight is 814 g/mol. The molecule has 8 N–H and O–H groups in total. The highest BCUT2D eigenvalue weighted by Gasteiger charge is 2.25. The van der Waals surface area contributed by atoms with E-state index in [-0.39, 0.29) is 27.9 Å². The summed E-state index contributed by atoms with van der Waals surface area (Å²) in [6.07, 6.45) is 0. The van der Waals surface area contributed by atoms with Gasteiger partial charge in [0.2, 0.25) is 5.84 Å². The minimum atomic E-state index is -5.32. The van der Waals surface area contributed by atoms with Crippen molar-refractivity contribution in [1.29, 1.82) is 0 Å². The standard InChI is InChI=1S/C27H23N7O15S4/c1-28-15-3-5-16(6-4-15)29-31-21-10-14(2-9-23(21)52(42,43)44)26(33-30-20-8-7-17(50-49-48-38)11-19(20)27(36)37)34-32-22-12-18(51(39,40)41)13-24(25(22)35)53(45,46)47/h2-13,28,30,35,38H,1H3,(H,36,37)(H,39,40,41)(H,42,43,44)(H,45,46,47). The van der Waals surface area contributed by atoms with E-state index < -0.39 is 79.5 Å². The Morgan fingerprint density at radius 2 is 1.45 bits per heavy atom. The molecule has 280 valence electrons. The number of carbonyl (C=O) groups is 1. The number of nitrogens with one attached hydrogen (secondary N) is 2. The van der Waals surface area contributed by atoms with Crippen LogP contribution in [0, 0.1) is 0 Å². The fourth-order valence-electron chi connectivity index (χ4n) is 4.01. The molecule has 0 aromatic heterocycles. The maximum absolute atomic E-state index is 12.2. The first-order valence-corrected chi connectivity index (χ1v) is 18.8. The van der Waals surface area contributed by atoms with E-state index >= 15 is 0 Å². The largest absolute Gasteiger partial charge is 0.504 e. The number of azo groups is 2. The van der Waals surface area contributed by atoms with Crippen LogP contribution in [0.3, 0.4) is 0 Å². The second-order valence-electron chi connectivity index (χ2n) is 9.88. The predicted molar refractivity (Wildman–Crippen MR) is 183 cm³/mol. The smallest absolute Gasteiger partial charge is 0.337 e. The normalized spacial score (nSPS) is 12.7. The molecule has 4 aromatic carbocycles. The summed E-state index contributed by atoms with van der Waals surface area (Å²) >= 11 is 0.435. The van der Waals surface area contributed by atoms with Crippen molar-refractivity contribution in [1.82, 2.24) is 0 Å². The number of hydrazone groups is 1. The molecule has 26 heteroatoms. The summed E-state index contributed by atoms with van der Waals surface area (Å²) in [5.41, 5.74) is 1.03. The second kappa shape index (κ2) is 16.5. The Morgan fingerprint density at radius 3 is 2.04 bits per heavy atom. The van der Waals surface area contributed by atoms with Crippen LogP contribution in [0.15, 0.2) is 118 Å². The Bertz CT molecular complexity index is 2480. The van der Waals surface area contributed by atoms with Crippen LogP contribution in [0.1, 0.15) is 15.9 Å². The summed E-state index contributed by atoms with van der Waals surface area (Å²) in [6, 6.07) is 13.5. The lowest BCUT2D eigenvalue weighted by Gasteiger charge is -2.10. The third-order valence-corrected chi connectivity index (χ3v) is 9.62. The van der Waals surface area contributed by atoms with Crippen LogP contribution in [0.4, 0.5) is 28.4 Å². The van der Waals surface area contributed by atoms with Gasteiger partial charge in [-0.3, -0.25) is 19.1 Å². The van der Waals surface area contributed by atoms with Gasteiger partial charge < -0.3 is 15.5 Å². The van der Waals surface area contributed by atoms with Crippen molar-refractivity contribution >= 4 is 82.6 Å². The molecular formula is C27H23N7O15S4. The van der Waals surface area contributed by atoms with Gasteiger partial charge in [-0.05, 0) is 72.8 Å². The van der Waals surface area contributed by atoms with Crippen molar-refractivity contribution in [3.63, 3.8) is 0 Å². The summed E-state index contributed by atoms with van der Waals surface area (Å²) in [5.74, 6) is -3.45. The lowest BCUT2D eigenvalue weighted by atomic mass is 10.2. The first-order chi connectivity index (χ1) is 24.8. The van der Waals surface area contributed by atoms with Gasteiger partial charge in [0, 0.05) is 23.2 Å². The van der Waals surface area contributed by atoms with Gasteiger partial charge >= 0.3 is 5.97 Å². The maximum Gasteiger partial charge on any atom is 0.337 e. The number of rotatable bonds is 14. The molecular weight excluding hydrogens is 791 g/mol. The molecule has 0 fully saturated rings. The monoisotopic (exact) mass is 813 g/mol. The van der Waals surface area contributed by atoms with Gasteiger partial charge in [0.15, 0.2) is 5.75 Å². The van der Waals surface area contributed by atoms with Crippen LogP contribution in [0.5, 0.6) is 5.75 Å². The number of nitrogens with zero attached hydrogens (tertiary/aromatic N) is 5. The molecule has 22 nitrogen and oxygen atoms in total. The predicted octanol–water partition coefficient (Wildman–Crippen LogP) is 5.27. The molecule has 0 radical (unpaired) electrons. The molecule has 0 unspecified atom stereocenters. The third-order valence-electron chi connectivity index (χ3n) is 6.45. The number of hydrogen-bond acceptors (Lipinski definition) is 18. The Labute approximate surface area is 302 Å². The van der Waals surface area contributed by atoms with Crippen LogP contribution >= 0.6 is 12.0 Å². The Kier molecular flexibility index (Phi) is 12.6. The van der Waals surface area contributed by atoms with E-state index in [1.54, 1.807) is 19.2 Å². The highest BCUT2D eigenvalue weighted by Crippen LogP contribution is 2.37. The van der Waals surface area contributed by atoms with Crippen molar-refractivity contribution in [3.05, 3.63) is 83.9 Å². The summed E-state index contributed by atoms with van der Waals surface area (Å²) in [6.45, 7) is 0. The van der Waals surface area contributed by atoms with Crippen LogP contribution < -0.4 is 10.7 Å². The van der Waals surface area contributed by atoms with E-state index in [9.17, 15) is 53.9 Å². The van der Waals surface area contributed by atoms with Gasteiger partial charge in [-0.25, -0.2) is 10.1 Å². The quantitative estimate of drug-likeness (QED) is 0.0153. The number of benzene rings is 4. The van der Waals surface area contributed by atoms with E-state index in [1.807, 2.05) is 0 Å². The highest BCUT2D eigenvalue weighted by molar-refractivity contribution is 7.94. The first kappa shape index (κ1) is 40.4. The Morgan fingerprint density at radius 1 is 0.774 bits per heavy atom. The van der Waals surface area contributed by atoms with Crippen molar-refractivity contribution < 1.29 is 68.5 Å². The Hall–Kier alpha value is -5.42. The van der Waals surface area contributed by atoms with Crippen molar-refractivity contribution in [2.24, 2.45) is 25.6 Å². The molecule has 0 aliphatic rings. The first-order valence-electron chi connectivity index (χ1n) is 13.7. The highest BCUT2D eigenvalue weighted by atomic mass is 32.2. The van der Waals surface area contributed by atoms with E-state index in [0.29, 0.717) is 23.8 Å². The molecule has 0 aliphatic carbocycles. The zero-order chi connectivity index (χ0) is 39.1. The van der Waals surface area contributed by atoms with Crippen LogP contribution in [0.25, 0.3) is 0 Å². The molecule has 0 amide bonds. The minimum Gasteiger partial charge on any atom is -0.504 e. The van der Waals surface area contributed by atoms with Gasteiger partial charge in [0.25, 0.3) is 30.4 Å². The van der Waals surface area contributed by atoms with Gasteiger partial charge in [0.05, 0.1) is 33.9 Å². The lowest BCUT2D eigenvalue weighted by molar-refractivity contribution is -0.432. The number of phenolic OH excluding ortho intramolecular Hbond substituents is 1. The lowest BCUT2D eigenvalue weighted by Crippen LogP contribution is -2.07. The fourth-order valence-corrected chi connectivity index (χ4v) is 6.24. The number of carboxylic acids is 1. The molecule has 0 bridgehead atoms. The number of amidine groups is 1. The maximum atomic E-state index is 12.2. The molecule has 0 saturated heterocycles. The summed E-state index contributed by atoms with van der Waals surface area (Å²) in [5, 5.41) is 54.3. The fraction of sp³-hybridized carbons (Fsp3) is 0.0370. The number of hydrogen-bond donors (Lipinski definition) is 8. The average Bonchev–Trinajstić information content (AvgIpc) is 3.09. The molecule has 0 spiro atoms. The summed E-state index contributed by atoms with van der Waals surface area (Å²) in [7, 11) is -13.8. The van der Waals surface area contributed by atoms with Gasteiger partial charge in [-0.1, -0.05) is 5.04 Å². The minimum absolute atomic E-state index is 0.131. The third kappa shape index (κ3) is 10.6. The van der Waals surface area contributed by atoms with Gasteiger partial charge in [0.1, 0.15) is 21.2 Å². The molecule has 0 heterocycles. The Balaban J connectivity index is 1.93. The van der Waals surface area contributed by atoms with Crippen molar-refractivity contribution in [3.8, 4) is 5.75 Å². The van der Waals surface area contributed by atoms with E-state index in [4.69, 9.17) is 5.26 Å². The zero-order valence-corrected chi connectivity index (χ0v) is 29.4. The molecule has 0 aliphatic heterocycles. The molecule has 53 heavy (non-hydrogen) atoms. The molecule has 0 saturated carbocycles. The number of aromatic hydroxyl groups is 1. The van der Waals surface area contributed by atoms with E-state index in [0.717, 1.165) is 24.3 Å². The summed E-state index contributed by atoms with van der Waals surface area (Å²) < 4.78 is 105. The molecule has 0 atom stereocenters. The second-order valence-corrected chi connectivity index (χ2v) is 14.9. The van der Waals surface area contributed by atoms with Gasteiger partial charge in [-0.15, -0.1) is 19.7 Å². The van der Waals surface area contributed by atoms with Crippen molar-refractivity contribution in [2.75, 3.05) is 17.8 Å². The van der Waals surface area contributed by atoms with E-state index in [2.05, 4.69) is 45.7 Å².